The second kappa shape index (κ2) is 2.23. The van der Waals surface area contributed by atoms with E-state index in [1.54, 1.807) is 6.92 Å². The van der Waals surface area contributed by atoms with Crippen LogP contribution in [0.3, 0.4) is 0 Å². The molecule has 0 radical (unpaired) electrons. The standard InChI is InChI=1S/C8H10F2/c1-3-4-8(10)5-7(8)6(2)9/h6-7H,5H2,1-2H3/t6?,7-,8-/m1/s1. The van der Waals surface area contributed by atoms with Gasteiger partial charge in [-0.15, -0.1) is 5.92 Å². The first-order valence-electron chi connectivity index (χ1n) is 3.37. The Kier molecular flexibility index (Phi) is 1.68. The zero-order chi connectivity index (χ0) is 7.78. The molecular formula is C8H10F2. The molecule has 10 heavy (non-hydrogen) atoms. The zero-order valence-corrected chi connectivity index (χ0v) is 6.12. The molecule has 1 aliphatic rings. The van der Waals surface area contributed by atoms with Crippen LogP contribution < -0.4 is 0 Å². The predicted molar refractivity (Wildman–Crippen MR) is 36.0 cm³/mol. The highest BCUT2D eigenvalue weighted by Crippen LogP contribution is 2.49. The van der Waals surface area contributed by atoms with Crippen LogP contribution in [-0.2, 0) is 0 Å². The van der Waals surface area contributed by atoms with Crippen molar-refractivity contribution in [2.45, 2.75) is 32.1 Å². The zero-order valence-electron chi connectivity index (χ0n) is 6.12. The summed E-state index contributed by atoms with van der Waals surface area (Å²) >= 11 is 0. The monoisotopic (exact) mass is 144 g/mol. The van der Waals surface area contributed by atoms with Crippen LogP contribution in [0.1, 0.15) is 20.3 Å². The average molecular weight is 144 g/mol. The molecule has 0 heterocycles. The van der Waals surface area contributed by atoms with E-state index in [-0.39, 0.29) is 6.42 Å². The molecule has 0 amide bonds. The van der Waals surface area contributed by atoms with Crippen LogP contribution >= 0.6 is 0 Å². The van der Waals surface area contributed by atoms with Gasteiger partial charge < -0.3 is 0 Å². The van der Waals surface area contributed by atoms with Crippen molar-refractivity contribution in [3.8, 4) is 11.8 Å². The Morgan fingerprint density at radius 1 is 1.70 bits per heavy atom. The second-order valence-electron chi connectivity index (χ2n) is 2.73. The van der Waals surface area contributed by atoms with Crippen LogP contribution in [0.5, 0.6) is 0 Å². The van der Waals surface area contributed by atoms with Gasteiger partial charge in [0.2, 0.25) is 0 Å². The van der Waals surface area contributed by atoms with Crippen molar-refractivity contribution >= 4 is 0 Å². The SMILES string of the molecule is CC#C[C@@]1(F)C[C@@H]1C(C)F. The average Bonchev–Trinajstić information content (AvgIpc) is 2.43. The smallest absolute Gasteiger partial charge is 0.177 e. The molecule has 0 nitrogen and oxygen atoms in total. The van der Waals surface area contributed by atoms with Gasteiger partial charge in [-0.2, -0.15) is 0 Å². The molecule has 56 valence electrons. The first-order chi connectivity index (χ1) is 4.60. The molecule has 0 N–H and O–H groups in total. The van der Waals surface area contributed by atoms with Gasteiger partial charge >= 0.3 is 0 Å². The molecule has 0 aromatic heterocycles. The van der Waals surface area contributed by atoms with Crippen molar-refractivity contribution in [3.05, 3.63) is 0 Å². The van der Waals surface area contributed by atoms with E-state index in [0.29, 0.717) is 0 Å². The van der Waals surface area contributed by atoms with Crippen LogP contribution in [0, 0.1) is 17.8 Å². The highest BCUT2D eigenvalue weighted by molar-refractivity contribution is 5.26. The van der Waals surface area contributed by atoms with Gasteiger partial charge in [-0.3, -0.25) is 0 Å². The Bertz CT molecular complexity index is 187. The highest BCUT2D eigenvalue weighted by Gasteiger charge is 2.57. The summed E-state index contributed by atoms with van der Waals surface area (Å²) in [4.78, 5) is 0. The van der Waals surface area contributed by atoms with Crippen LogP contribution in [0.4, 0.5) is 8.78 Å². The van der Waals surface area contributed by atoms with E-state index in [1.165, 1.54) is 6.92 Å². The van der Waals surface area contributed by atoms with Gasteiger partial charge in [0.05, 0.1) is 0 Å². The normalized spacial score (nSPS) is 39.8. The summed E-state index contributed by atoms with van der Waals surface area (Å²) in [7, 11) is 0. The number of hydrogen-bond acceptors (Lipinski definition) is 0. The topological polar surface area (TPSA) is 0 Å². The second-order valence-corrected chi connectivity index (χ2v) is 2.73. The van der Waals surface area contributed by atoms with Crippen LogP contribution in [-0.4, -0.2) is 11.8 Å². The number of alkyl halides is 2. The molecule has 0 spiro atoms. The Labute approximate surface area is 59.6 Å². The summed E-state index contributed by atoms with van der Waals surface area (Å²) in [6, 6.07) is 0. The van der Waals surface area contributed by atoms with E-state index >= 15 is 0 Å². The molecule has 0 aromatic carbocycles. The van der Waals surface area contributed by atoms with E-state index in [4.69, 9.17) is 0 Å². The van der Waals surface area contributed by atoms with Gasteiger partial charge in [-0.25, -0.2) is 8.78 Å². The molecule has 1 aliphatic carbocycles. The largest absolute Gasteiger partial charge is 0.247 e. The minimum Gasteiger partial charge on any atom is -0.247 e. The van der Waals surface area contributed by atoms with Gasteiger partial charge in [-0.05, 0) is 13.8 Å². The van der Waals surface area contributed by atoms with Crippen molar-refractivity contribution in [2.24, 2.45) is 5.92 Å². The van der Waals surface area contributed by atoms with Crippen LogP contribution in [0.15, 0.2) is 0 Å². The minimum absolute atomic E-state index is 0.269. The van der Waals surface area contributed by atoms with E-state index < -0.39 is 17.8 Å². The van der Waals surface area contributed by atoms with E-state index in [2.05, 4.69) is 11.8 Å². The lowest BCUT2D eigenvalue weighted by molar-refractivity contribution is 0.261. The summed E-state index contributed by atoms with van der Waals surface area (Å²) in [6.45, 7) is 2.95. The molecule has 1 unspecified atom stereocenters. The third-order valence-corrected chi connectivity index (χ3v) is 1.83. The molecule has 1 rings (SSSR count). The number of rotatable bonds is 1. The number of hydrogen-bond donors (Lipinski definition) is 0. The van der Waals surface area contributed by atoms with Crippen molar-refractivity contribution in [2.75, 3.05) is 0 Å². The maximum absolute atomic E-state index is 13.0. The highest BCUT2D eigenvalue weighted by atomic mass is 19.2. The lowest BCUT2D eigenvalue weighted by atomic mass is 10.2. The van der Waals surface area contributed by atoms with Crippen molar-refractivity contribution in [1.29, 1.82) is 0 Å². The third kappa shape index (κ3) is 1.13. The van der Waals surface area contributed by atoms with Crippen LogP contribution in [0.2, 0.25) is 0 Å². The minimum atomic E-state index is -1.50. The maximum atomic E-state index is 13.0. The van der Waals surface area contributed by atoms with Crippen molar-refractivity contribution in [1.82, 2.24) is 0 Å². The molecule has 2 heteroatoms. The van der Waals surface area contributed by atoms with Crippen molar-refractivity contribution < 1.29 is 8.78 Å². The molecule has 0 aromatic rings. The van der Waals surface area contributed by atoms with Gasteiger partial charge in [0.15, 0.2) is 5.67 Å². The van der Waals surface area contributed by atoms with Gasteiger partial charge in [0, 0.05) is 12.3 Å². The maximum Gasteiger partial charge on any atom is 0.177 e. The molecule has 1 fully saturated rings. The summed E-state index contributed by atoms with van der Waals surface area (Å²) in [5.41, 5.74) is -1.50. The Morgan fingerprint density at radius 2 is 2.30 bits per heavy atom. The van der Waals surface area contributed by atoms with E-state index in [9.17, 15) is 8.78 Å². The lowest BCUT2D eigenvalue weighted by Gasteiger charge is -1.98. The predicted octanol–water partition coefficient (Wildman–Crippen LogP) is 2.10. The number of halogens is 2. The summed E-state index contributed by atoms with van der Waals surface area (Å²) in [5, 5.41) is 0. The lowest BCUT2D eigenvalue weighted by Crippen LogP contribution is -2.07. The van der Waals surface area contributed by atoms with Gasteiger partial charge in [0.1, 0.15) is 6.17 Å². The first-order valence-corrected chi connectivity index (χ1v) is 3.37. The fourth-order valence-corrected chi connectivity index (χ4v) is 1.14. The Balaban J connectivity index is 2.53. The fourth-order valence-electron chi connectivity index (χ4n) is 1.14. The molecule has 1 saturated carbocycles. The summed E-state index contributed by atoms with van der Waals surface area (Å²) in [6.07, 6.45) is -0.795. The first kappa shape index (κ1) is 7.53. The van der Waals surface area contributed by atoms with Crippen molar-refractivity contribution in [3.63, 3.8) is 0 Å². The van der Waals surface area contributed by atoms with Gasteiger partial charge in [-0.1, -0.05) is 5.92 Å². The van der Waals surface area contributed by atoms with Gasteiger partial charge in [0.25, 0.3) is 0 Å². The quantitative estimate of drug-likeness (QED) is 0.494. The Hall–Kier alpha value is -0.580. The summed E-state index contributed by atoms with van der Waals surface area (Å²) in [5.74, 6) is 4.36. The molecule has 3 atom stereocenters. The molecule has 0 bridgehead atoms. The molecule has 0 saturated heterocycles. The molecular weight excluding hydrogens is 134 g/mol. The molecule has 0 aliphatic heterocycles. The third-order valence-electron chi connectivity index (χ3n) is 1.83. The van der Waals surface area contributed by atoms with Crippen LogP contribution in [0.25, 0.3) is 0 Å². The fraction of sp³-hybridized carbons (Fsp3) is 0.750. The van der Waals surface area contributed by atoms with E-state index in [0.717, 1.165) is 0 Å². The summed E-state index contributed by atoms with van der Waals surface area (Å²) < 4.78 is 25.4. The Morgan fingerprint density at radius 3 is 2.60 bits per heavy atom. The van der Waals surface area contributed by atoms with E-state index in [1.807, 2.05) is 0 Å².